The molecule has 0 aromatic heterocycles. The molecule has 1 heterocycles. The number of piperidine rings is 1. The molecule has 1 aliphatic heterocycles. The molecule has 0 radical (unpaired) electrons. The topological polar surface area (TPSA) is 51.4 Å². The van der Waals surface area contributed by atoms with Crippen molar-refractivity contribution in [2.75, 3.05) is 25.9 Å². The summed E-state index contributed by atoms with van der Waals surface area (Å²) >= 11 is 1.48. The van der Waals surface area contributed by atoms with Gasteiger partial charge in [0.2, 0.25) is 0 Å². The molecule has 1 fully saturated rings. The molecule has 1 saturated heterocycles. The second kappa shape index (κ2) is 8.37. The van der Waals surface area contributed by atoms with Crippen LogP contribution in [0.25, 0.3) is 0 Å². The van der Waals surface area contributed by atoms with Crippen LogP contribution in [0.5, 0.6) is 0 Å². The lowest BCUT2D eigenvalue weighted by Crippen LogP contribution is -2.38. The SMILES string of the molecule is CSC(=NCCCN1CCCCC1C)NC#N. The highest BCUT2D eigenvalue weighted by molar-refractivity contribution is 8.13. The summed E-state index contributed by atoms with van der Waals surface area (Å²) in [4.78, 5) is 6.91. The number of rotatable bonds is 4. The zero-order valence-electron chi connectivity index (χ0n) is 10.8. The van der Waals surface area contributed by atoms with Gasteiger partial charge >= 0.3 is 0 Å². The summed E-state index contributed by atoms with van der Waals surface area (Å²) in [5.41, 5.74) is 0. The van der Waals surface area contributed by atoms with Gasteiger partial charge in [0.15, 0.2) is 11.4 Å². The van der Waals surface area contributed by atoms with Gasteiger partial charge in [-0.3, -0.25) is 10.3 Å². The lowest BCUT2D eigenvalue weighted by molar-refractivity contribution is 0.160. The van der Waals surface area contributed by atoms with Crippen LogP contribution in [0.3, 0.4) is 0 Å². The van der Waals surface area contributed by atoms with Gasteiger partial charge in [0.1, 0.15) is 0 Å². The van der Waals surface area contributed by atoms with E-state index in [1.54, 1.807) is 0 Å². The Kier molecular flexibility index (Phi) is 7.06. The van der Waals surface area contributed by atoms with Crippen LogP contribution >= 0.6 is 11.8 Å². The fraction of sp³-hybridized carbons (Fsp3) is 0.833. The second-order valence-electron chi connectivity index (χ2n) is 4.36. The molecule has 1 rings (SSSR count). The van der Waals surface area contributed by atoms with E-state index in [0.717, 1.165) is 30.7 Å². The Morgan fingerprint density at radius 1 is 1.59 bits per heavy atom. The molecule has 0 aromatic carbocycles. The lowest BCUT2D eigenvalue weighted by atomic mass is 10.0. The fourth-order valence-electron chi connectivity index (χ4n) is 2.15. The standard InChI is InChI=1S/C12H22N4S/c1-11-6-3-4-8-16(11)9-5-7-14-12(17-2)15-10-13/h11H,3-9H2,1-2H3,(H,14,15). The number of aliphatic imine (C=N–C) groups is 1. The maximum atomic E-state index is 8.50. The molecule has 1 atom stereocenters. The number of thioether (sulfide) groups is 1. The summed E-state index contributed by atoms with van der Waals surface area (Å²) < 4.78 is 0. The van der Waals surface area contributed by atoms with Crippen LogP contribution in [-0.4, -0.2) is 42.0 Å². The van der Waals surface area contributed by atoms with Crippen molar-refractivity contribution in [2.24, 2.45) is 4.99 Å². The molecule has 0 amide bonds. The van der Waals surface area contributed by atoms with E-state index in [1.165, 1.54) is 37.6 Å². The van der Waals surface area contributed by atoms with Gasteiger partial charge in [-0.25, -0.2) is 0 Å². The third-order valence-electron chi connectivity index (χ3n) is 3.16. The predicted octanol–water partition coefficient (Wildman–Crippen LogP) is 2.04. The molecule has 96 valence electrons. The highest BCUT2D eigenvalue weighted by atomic mass is 32.2. The molecule has 17 heavy (non-hydrogen) atoms. The van der Waals surface area contributed by atoms with Crippen LogP contribution in [0.2, 0.25) is 0 Å². The Hall–Kier alpha value is -0.730. The van der Waals surface area contributed by atoms with Crippen molar-refractivity contribution in [1.29, 1.82) is 5.26 Å². The number of nitrogens with one attached hydrogen (secondary N) is 1. The van der Waals surface area contributed by atoms with Crippen molar-refractivity contribution in [3.05, 3.63) is 0 Å². The van der Waals surface area contributed by atoms with E-state index >= 15 is 0 Å². The summed E-state index contributed by atoms with van der Waals surface area (Å²) in [6.07, 6.45) is 8.94. The van der Waals surface area contributed by atoms with Crippen LogP contribution in [-0.2, 0) is 0 Å². The van der Waals surface area contributed by atoms with Gasteiger partial charge in [-0.1, -0.05) is 18.2 Å². The predicted molar refractivity (Wildman–Crippen MR) is 74.1 cm³/mol. The molecular formula is C12H22N4S. The number of nitriles is 1. The summed E-state index contributed by atoms with van der Waals surface area (Å²) in [5, 5.41) is 11.8. The van der Waals surface area contributed by atoms with Crippen molar-refractivity contribution in [1.82, 2.24) is 10.2 Å². The van der Waals surface area contributed by atoms with Crippen molar-refractivity contribution < 1.29 is 0 Å². The van der Waals surface area contributed by atoms with Crippen LogP contribution in [0, 0.1) is 11.5 Å². The van der Waals surface area contributed by atoms with E-state index < -0.39 is 0 Å². The van der Waals surface area contributed by atoms with Gasteiger partial charge in [-0.15, -0.1) is 0 Å². The average molecular weight is 254 g/mol. The first-order valence-corrected chi connectivity index (χ1v) is 7.48. The van der Waals surface area contributed by atoms with Crippen molar-refractivity contribution in [3.63, 3.8) is 0 Å². The van der Waals surface area contributed by atoms with Gasteiger partial charge in [-0.05, 0) is 39.0 Å². The molecule has 5 heteroatoms. The van der Waals surface area contributed by atoms with Crippen molar-refractivity contribution in [3.8, 4) is 6.19 Å². The van der Waals surface area contributed by atoms with Gasteiger partial charge < -0.3 is 4.90 Å². The molecule has 0 saturated carbocycles. The highest BCUT2D eigenvalue weighted by Crippen LogP contribution is 2.16. The normalized spacial score (nSPS) is 22.2. The molecule has 1 unspecified atom stereocenters. The number of hydrogen-bond acceptors (Lipinski definition) is 4. The first kappa shape index (κ1) is 14.3. The van der Waals surface area contributed by atoms with E-state index in [2.05, 4.69) is 22.1 Å². The molecule has 0 spiro atoms. The third kappa shape index (κ3) is 5.42. The number of likely N-dealkylation sites (tertiary alicyclic amines) is 1. The summed E-state index contributed by atoms with van der Waals surface area (Å²) in [6.45, 7) is 5.47. The smallest absolute Gasteiger partial charge is 0.183 e. The minimum absolute atomic E-state index is 0.721. The molecule has 4 nitrogen and oxygen atoms in total. The maximum Gasteiger partial charge on any atom is 0.183 e. The quantitative estimate of drug-likeness (QED) is 0.274. The van der Waals surface area contributed by atoms with E-state index in [1.807, 2.05) is 12.4 Å². The van der Waals surface area contributed by atoms with E-state index in [9.17, 15) is 0 Å². The average Bonchev–Trinajstić information content (AvgIpc) is 2.35. The first-order chi connectivity index (χ1) is 8.27. The maximum absolute atomic E-state index is 8.50. The van der Waals surface area contributed by atoms with Crippen molar-refractivity contribution in [2.45, 2.75) is 38.6 Å². The largest absolute Gasteiger partial charge is 0.301 e. The first-order valence-electron chi connectivity index (χ1n) is 6.25. The Balaban J connectivity index is 2.20. The van der Waals surface area contributed by atoms with E-state index in [4.69, 9.17) is 5.26 Å². The number of amidine groups is 1. The molecule has 0 bridgehead atoms. The molecular weight excluding hydrogens is 232 g/mol. The molecule has 1 N–H and O–H groups in total. The minimum atomic E-state index is 0.721. The number of hydrogen-bond donors (Lipinski definition) is 1. The molecule has 0 aliphatic carbocycles. The minimum Gasteiger partial charge on any atom is -0.301 e. The van der Waals surface area contributed by atoms with E-state index in [-0.39, 0.29) is 0 Å². The zero-order chi connectivity index (χ0) is 12.5. The van der Waals surface area contributed by atoms with Crippen LogP contribution in [0.15, 0.2) is 4.99 Å². The van der Waals surface area contributed by atoms with Gasteiger partial charge in [-0.2, -0.15) is 5.26 Å². The third-order valence-corrected chi connectivity index (χ3v) is 3.77. The van der Waals surface area contributed by atoms with Crippen molar-refractivity contribution >= 4 is 16.9 Å². The Morgan fingerprint density at radius 2 is 2.41 bits per heavy atom. The highest BCUT2D eigenvalue weighted by Gasteiger charge is 2.16. The molecule has 0 aromatic rings. The Morgan fingerprint density at radius 3 is 3.06 bits per heavy atom. The van der Waals surface area contributed by atoms with E-state index in [0.29, 0.717) is 0 Å². The Bertz CT molecular complexity index is 285. The second-order valence-corrected chi connectivity index (χ2v) is 5.16. The van der Waals surface area contributed by atoms with Gasteiger partial charge in [0.25, 0.3) is 0 Å². The van der Waals surface area contributed by atoms with Crippen LogP contribution in [0.1, 0.15) is 32.6 Å². The molecule has 1 aliphatic rings. The lowest BCUT2D eigenvalue weighted by Gasteiger charge is -2.33. The monoisotopic (exact) mass is 254 g/mol. The van der Waals surface area contributed by atoms with Gasteiger partial charge in [0, 0.05) is 19.1 Å². The number of nitrogens with zero attached hydrogens (tertiary/aromatic N) is 3. The summed E-state index contributed by atoms with van der Waals surface area (Å²) in [6, 6.07) is 0.727. The summed E-state index contributed by atoms with van der Waals surface area (Å²) in [7, 11) is 0. The zero-order valence-corrected chi connectivity index (χ0v) is 11.6. The van der Waals surface area contributed by atoms with Crippen LogP contribution in [0.4, 0.5) is 0 Å². The van der Waals surface area contributed by atoms with Crippen LogP contribution < -0.4 is 5.32 Å². The fourth-order valence-corrected chi connectivity index (χ4v) is 2.52. The van der Waals surface area contributed by atoms with Gasteiger partial charge in [0.05, 0.1) is 0 Å². The Labute approximate surface area is 108 Å². The summed E-state index contributed by atoms with van der Waals surface area (Å²) in [5.74, 6) is 0.